The molecule has 1 aliphatic heterocycles. The topological polar surface area (TPSA) is 88.3 Å². The number of aromatic nitrogens is 3. The van der Waals surface area contributed by atoms with Gasteiger partial charge in [0, 0.05) is 33.6 Å². The van der Waals surface area contributed by atoms with Gasteiger partial charge in [-0.1, -0.05) is 23.4 Å². The van der Waals surface area contributed by atoms with E-state index < -0.39 is 0 Å². The molecular formula is C27H25N5O2. The third-order valence-corrected chi connectivity index (χ3v) is 6.58. The normalized spacial score (nSPS) is 15.3. The lowest BCUT2D eigenvalue weighted by Gasteiger charge is -2.21. The number of methoxy groups -OCH3 is 1. The maximum absolute atomic E-state index is 5.84. The van der Waals surface area contributed by atoms with Crippen LogP contribution in [0.1, 0.15) is 35.1 Å². The van der Waals surface area contributed by atoms with E-state index in [2.05, 4.69) is 52.7 Å². The number of rotatable bonds is 3. The summed E-state index contributed by atoms with van der Waals surface area (Å²) in [6.07, 6.45) is 1.78. The molecule has 0 fully saturated rings. The molecule has 4 heterocycles. The molecule has 0 saturated heterocycles. The zero-order chi connectivity index (χ0) is 23.6. The Morgan fingerprint density at radius 2 is 1.85 bits per heavy atom. The molecule has 170 valence electrons. The highest BCUT2D eigenvalue weighted by molar-refractivity contribution is 6.27. The summed E-state index contributed by atoms with van der Waals surface area (Å²) in [6, 6.07) is 12.5. The van der Waals surface area contributed by atoms with Crippen LogP contribution in [0.5, 0.6) is 5.75 Å². The van der Waals surface area contributed by atoms with E-state index in [1.54, 1.807) is 7.11 Å². The average Bonchev–Trinajstić information content (AvgIpc) is 3.35. The number of ether oxygens (including phenoxy) is 1. The number of aliphatic imine (C=N–C) groups is 1. The minimum Gasteiger partial charge on any atom is -0.496 e. The van der Waals surface area contributed by atoms with Crippen molar-refractivity contribution in [3.8, 4) is 16.9 Å². The van der Waals surface area contributed by atoms with Gasteiger partial charge in [-0.05, 0) is 51.5 Å². The standard InChI is InChI=1S/C27H25N5O2/c1-13-9-10-28-25-17(13)7-6-8-18(25)26-24-19-12-22(33-5)20(23-14(2)32-34-15(23)3)11-21(19)31-27(24)30-16(4)29-26/h6-12,16,30-31H,1-5H3. The van der Waals surface area contributed by atoms with Crippen LogP contribution in [-0.4, -0.2) is 34.1 Å². The summed E-state index contributed by atoms with van der Waals surface area (Å²) in [6.45, 7) is 8.02. The maximum Gasteiger partial charge on any atom is 0.141 e. The molecule has 2 N–H and O–H groups in total. The SMILES string of the molecule is COc1cc2c3c([nH]c2cc1-c1c(C)noc1C)NC(C)N=C3c1cccc2c(C)ccnc12. The molecular weight excluding hydrogens is 426 g/mol. The lowest BCUT2D eigenvalue weighted by atomic mass is 9.94. The van der Waals surface area contributed by atoms with Gasteiger partial charge >= 0.3 is 0 Å². The molecule has 2 aromatic carbocycles. The quantitative estimate of drug-likeness (QED) is 0.356. The second-order valence-corrected chi connectivity index (χ2v) is 8.80. The van der Waals surface area contributed by atoms with Crippen molar-refractivity contribution < 1.29 is 9.26 Å². The maximum atomic E-state index is 5.84. The zero-order valence-corrected chi connectivity index (χ0v) is 19.8. The molecule has 0 bridgehead atoms. The van der Waals surface area contributed by atoms with Gasteiger partial charge in [0.15, 0.2) is 0 Å². The van der Waals surface area contributed by atoms with E-state index >= 15 is 0 Å². The molecule has 0 aliphatic carbocycles. The van der Waals surface area contributed by atoms with Crippen LogP contribution in [0.4, 0.5) is 5.82 Å². The molecule has 6 rings (SSSR count). The van der Waals surface area contributed by atoms with Crippen molar-refractivity contribution in [2.24, 2.45) is 4.99 Å². The molecule has 0 saturated carbocycles. The van der Waals surface area contributed by atoms with E-state index in [0.717, 1.165) is 72.8 Å². The molecule has 1 unspecified atom stereocenters. The molecule has 0 radical (unpaired) electrons. The summed E-state index contributed by atoms with van der Waals surface area (Å²) in [5.74, 6) is 2.46. The summed E-state index contributed by atoms with van der Waals surface area (Å²) in [5.41, 5.74) is 8.82. The summed E-state index contributed by atoms with van der Waals surface area (Å²) < 4.78 is 11.3. The van der Waals surface area contributed by atoms with E-state index in [1.165, 1.54) is 5.56 Å². The highest BCUT2D eigenvalue weighted by Gasteiger charge is 2.27. The van der Waals surface area contributed by atoms with Gasteiger partial charge in [0.05, 0.1) is 35.2 Å². The Kier molecular flexibility index (Phi) is 4.49. The Balaban J connectivity index is 1.63. The number of nitrogens with one attached hydrogen (secondary N) is 2. The van der Waals surface area contributed by atoms with Crippen LogP contribution < -0.4 is 10.1 Å². The van der Waals surface area contributed by atoms with Crippen molar-refractivity contribution >= 4 is 33.3 Å². The van der Waals surface area contributed by atoms with Crippen molar-refractivity contribution in [3.63, 3.8) is 0 Å². The van der Waals surface area contributed by atoms with Gasteiger partial charge in [-0.25, -0.2) is 0 Å². The largest absolute Gasteiger partial charge is 0.496 e. The second-order valence-electron chi connectivity index (χ2n) is 8.80. The van der Waals surface area contributed by atoms with Crippen molar-refractivity contribution in [1.82, 2.24) is 15.1 Å². The minimum atomic E-state index is -0.0837. The molecule has 0 spiro atoms. The number of aryl methyl sites for hydroxylation is 3. The summed E-state index contributed by atoms with van der Waals surface area (Å²) in [7, 11) is 1.69. The Morgan fingerprint density at radius 3 is 2.62 bits per heavy atom. The van der Waals surface area contributed by atoms with E-state index in [1.807, 2.05) is 33.0 Å². The summed E-state index contributed by atoms with van der Waals surface area (Å²) in [4.78, 5) is 13.3. The van der Waals surface area contributed by atoms with Gasteiger partial charge in [0.25, 0.3) is 0 Å². The number of nitrogens with zero attached hydrogens (tertiary/aromatic N) is 3. The van der Waals surface area contributed by atoms with E-state index in [9.17, 15) is 0 Å². The summed E-state index contributed by atoms with van der Waals surface area (Å²) in [5, 5.41) is 9.78. The Morgan fingerprint density at radius 1 is 1.00 bits per heavy atom. The van der Waals surface area contributed by atoms with Crippen LogP contribution in [-0.2, 0) is 0 Å². The zero-order valence-electron chi connectivity index (χ0n) is 19.8. The minimum absolute atomic E-state index is 0.0837. The van der Waals surface area contributed by atoms with Gasteiger partial charge in [0.2, 0.25) is 0 Å². The van der Waals surface area contributed by atoms with Crippen LogP contribution in [0.15, 0.2) is 52.1 Å². The average molecular weight is 452 g/mol. The van der Waals surface area contributed by atoms with Crippen LogP contribution in [0.25, 0.3) is 32.9 Å². The van der Waals surface area contributed by atoms with E-state index in [-0.39, 0.29) is 6.17 Å². The third kappa shape index (κ3) is 2.93. The van der Waals surface area contributed by atoms with Crippen LogP contribution in [0.3, 0.4) is 0 Å². The first-order chi connectivity index (χ1) is 16.5. The predicted octanol–water partition coefficient (Wildman–Crippen LogP) is 5.91. The number of pyridine rings is 1. The lowest BCUT2D eigenvalue weighted by Crippen LogP contribution is -2.23. The first-order valence-electron chi connectivity index (χ1n) is 11.3. The predicted molar refractivity (Wildman–Crippen MR) is 135 cm³/mol. The molecule has 1 atom stereocenters. The number of para-hydroxylation sites is 1. The Labute approximate surface area is 196 Å². The van der Waals surface area contributed by atoms with Crippen molar-refractivity contribution in [3.05, 3.63) is 70.7 Å². The van der Waals surface area contributed by atoms with Gasteiger partial charge in [0.1, 0.15) is 23.5 Å². The molecule has 3 aromatic heterocycles. The third-order valence-electron chi connectivity index (χ3n) is 6.58. The second kappa shape index (κ2) is 7.45. The Hall–Kier alpha value is -4.13. The molecule has 7 nitrogen and oxygen atoms in total. The molecule has 1 aliphatic rings. The molecule has 34 heavy (non-hydrogen) atoms. The highest BCUT2D eigenvalue weighted by atomic mass is 16.5. The number of hydrogen-bond donors (Lipinski definition) is 2. The van der Waals surface area contributed by atoms with Crippen molar-refractivity contribution in [2.45, 2.75) is 33.9 Å². The number of anilines is 1. The fourth-order valence-electron chi connectivity index (χ4n) is 5.02. The van der Waals surface area contributed by atoms with Crippen LogP contribution in [0, 0.1) is 20.8 Å². The van der Waals surface area contributed by atoms with Crippen molar-refractivity contribution in [2.75, 3.05) is 12.4 Å². The molecule has 7 heteroatoms. The van der Waals surface area contributed by atoms with Gasteiger partial charge in [-0.15, -0.1) is 0 Å². The first-order valence-corrected chi connectivity index (χ1v) is 11.3. The highest BCUT2D eigenvalue weighted by Crippen LogP contribution is 2.41. The molecule has 0 amide bonds. The van der Waals surface area contributed by atoms with E-state index in [0.29, 0.717) is 0 Å². The van der Waals surface area contributed by atoms with Crippen molar-refractivity contribution in [1.29, 1.82) is 0 Å². The fourth-order valence-corrected chi connectivity index (χ4v) is 5.02. The number of H-pyrrole nitrogens is 1. The van der Waals surface area contributed by atoms with Crippen LogP contribution >= 0.6 is 0 Å². The summed E-state index contributed by atoms with van der Waals surface area (Å²) >= 11 is 0. The fraction of sp³-hybridized carbons (Fsp3) is 0.222. The number of benzene rings is 2. The first kappa shape index (κ1) is 20.5. The number of hydrogen-bond acceptors (Lipinski definition) is 6. The molecule has 5 aromatic rings. The van der Waals surface area contributed by atoms with Gasteiger partial charge in [-0.2, -0.15) is 0 Å². The van der Waals surface area contributed by atoms with Gasteiger partial charge < -0.3 is 19.6 Å². The van der Waals surface area contributed by atoms with Crippen LogP contribution in [0.2, 0.25) is 0 Å². The number of aromatic amines is 1. The monoisotopic (exact) mass is 451 g/mol. The van der Waals surface area contributed by atoms with Gasteiger partial charge in [-0.3, -0.25) is 9.98 Å². The Bertz CT molecular complexity index is 1610. The smallest absolute Gasteiger partial charge is 0.141 e. The van der Waals surface area contributed by atoms with E-state index in [4.69, 9.17) is 19.2 Å². The lowest BCUT2D eigenvalue weighted by molar-refractivity contribution is 0.393. The number of fused-ring (bicyclic) bond motifs is 4.